The number of carboxylic acid groups (broad SMARTS) is 2. The first-order valence-electron chi connectivity index (χ1n) is 9.57. The molecule has 33 heavy (non-hydrogen) atoms. The Labute approximate surface area is 187 Å². The molecule has 0 aromatic heterocycles. The van der Waals surface area contributed by atoms with Crippen LogP contribution in [0.25, 0.3) is 0 Å². The Morgan fingerprint density at radius 2 is 1.21 bits per heavy atom. The molecule has 0 saturated heterocycles. The van der Waals surface area contributed by atoms with Crippen molar-refractivity contribution < 1.29 is 48.9 Å². The highest BCUT2D eigenvalue weighted by atomic mass is 16.4. The summed E-state index contributed by atoms with van der Waals surface area (Å²) in [6, 6.07) is -6.20. The number of hydrogen-bond acceptors (Lipinski definition) is 9. The van der Waals surface area contributed by atoms with Crippen LogP contribution < -0.4 is 33.2 Å². The van der Waals surface area contributed by atoms with Gasteiger partial charge in [-0.05, 0) is 12.8 Å². The van der Waals surface area contributed by atoms with Gasteiger partial charge in [0.2, 0.25) is 29.5 Å². The lowest BCUT2D eigenvalue weighted by Gasteiger charge is -2.23. The molecule has 0 aliphatic carbocycles. The van der Waals surface area contributed by atoms with Crippen molar-refractivity contribution in [1.29, 1.82) is 0 Å². The normalized spacial score (nSPS) is 14.1. The zero-order chi connectivity index (χ0) is 25.7. The molecule has 16 nitrogen and oxygen atoms in total. The van der Waals surface area contributed by atoms with E-state index in [1.165, 1.54) is 0 Å². The predicted molar refractivity (Wildman–Crippen MR) is 108 cm³/mol. The van der Waals surface area contributed by atoms with E-state index in [4.69, 9.17) is 27.4 Å². The topological polar surface area (TPSA) is 294 Å². The van der Waals surface area contributed by atoms with Crippen LogP contribution in [0.3, 0.4) is 0 Å². The number of aliphatic hydroxyl groups excluding tert-OH is 1. The molecule has 0 aromatic carbocycles. The van der Waals surface area contributed by atoms with Gasteiger partial charge in [0, 0.05) is 12.8 Å². The molecular weight excluding hydrogens is 448 g/mol. The summed E-state index contributed by atoms with van der Waals surface area (Å²) >= 11 is 0. The van der Waals surface area contributed by atoms with Gasteiger partial charge in [0.15, 0.2) is 0 Å². The standard InChI is InChI=1S/C17H28N6O10/c18-7(1-4-13(27)28)14(29)23-10(6-24)16(31)22-9(5-12(20)26)15(30)21-8(17(32)33)2-3-11(19)25/h7-10,24H,1-6,18H2,(H2,19,25)(H2,20,26)(H,21,30)(H,22,31)(H,23,29)(H,27,28)(H,32,33). The van der Waals surface area contributed by atoms with E-state index in [-0.39, 0.29) is 19.3 Å². The third kappa shape index (κ3) is 12.0. The summed E-state index contributed by atoms with van der Waals surface area (Å²) in [6.07, 6.45) is -2.17. The van der Waals surface area contributed by atoms with Gasteiger partial charge in [-0.1, -0.05) is 0 Å². The third-order valence-electron chi connectivity index (χ3n) is 4.15. The van der Waals surface area contributed by atoms with Crippen LogP contribution in [-0.4, -0.2) is 87.6 Å². The highest BCUT2D eigenvalue weighted by Gasteiger charge is 2.31. The molecule has 12 N–H and O–H groups in total. The third-order valence-corrected chi connectivity index (χ3v) is 4.15. The highest BCUT2D eigenvalue weighted by molar-refractivity contribution is 5.96. The number of carboxylic acids is 2. The van der Waals surface area contributed by atoms with Gasteiger partial charge in [0.1, 0.15) is 18.1 Å². The van der Waals surface area contributed by atoms with Crippen molar-refractivity contribution in [2.45, 2.75) is 56.3 Å². The van der Waals surface area contributed by atoms with Gasteiger partial charge in [-0.15, -0.1) is 0 Å². The minimum absolute atomic E-state index is 0.254. The number of amides is 5. The quantitative estimate of drug-likeness (QED) is 0.101. The first kappa shape index (κ1) is 29.2. The van der Waals surface area contributed by atoms with Crippen LogP contribution in [0.5, 0.6) is 0 Å². The number of carbonyl (C=O) groups excluding carboxylic acids is 5. The van der Waals surface area contributed by atoms with Crippen LogP contribution >= 0.6 is 0 Å². The largest absolute Gasteiger partial charge is 0.481 e. The molecule has 0 aromatic rings. The second-order valence-corrected chi connectivity index (χ2v) is 6.92. The van der Waals surface area contributed by atoms with Gasteiger partial charge >= 0.3 is 11.9 Å². The summed E-state index contributed by atoms with van der Waals surface area (Å²) in [5.41, 5.74) is 15.5. The zero-order valence-electron chi connectivity index (χ0n) is 17.5. The number of carbonyl (C=O) groups is 7. The molecule has 0 bridgehead atoms. The molecule has 16 heteroatoms. The number of aliphatic carboxylic acids is 2. The molecule has 0 heterocycles. The van der Waals surface area contributed by atoms with E-state index < -0.39 is 85.1 Å². The average Bonchev–Trinajstić information content (AvgIpc) is 2.71. The Kier molecular flexibility index (Phi) is 12.7. The second-order valence-electron chi connectivity index (χ2n) is 6.92. The molecule has 0 fully saturated rings. The van der Waals surface area contributed by atoms with Crippen molar-refractivity contribution in [3.8, 4) is 0 Å². The monoisotopic (exact) mass is 476 g/mol. The van der Waals surface area contributed by atoms with Crippen molar-refractivity contribution in [2.75, 3.05) is 6.61 Å². The molecule has 0 rings (SSSR count). The van der Waals surface area contributed by atoms with Crippen molar-refractivity contribution in [3.63, 3.8) is 0 Å². The van der Waals surface area contributed by atoms with E-state index in [1.54, 1.807) is 0 Å². The minimum atomic E-state index is -1.68. The molecule has 0 aliphatic heterocycles. The maximum Gasteiger partial charge on any atom is 0.326 e. The Morgan fingerprint density at radius 1 is 0.697 bits per heavy atom. The van der Waals surface area contributed by atoms with Crippen molar-refractivity contribution in [1.82, 2.24) is 16.0 Å². The summed E-state index contributed by atoms with van der Waals surface area (Å²) in [5.74, 6) is -7.81. The predicted octanol–water partition coefficient (Wildman–Crippen LogP) is -5.15. The Morgan fingerprint density at radius 3 is 1.67 bits per heavy atom. The maximum absolute atomic E-state index is 12.4. The van der Waals surface area contributed by atoms with Gasteiger partial charge in [-0.2, -0.15) is 0 Å². The van der Waals surface area contributed by atoms with Crippen LogP contribution in [0, 0.1) is 0 Å². The number of nitrogens with two attached hydrogens (primary N) is 3. The number of primary amides is 2. The Hall–Kier alpha value is -3.79. The molecule has 0 spiro atoms. The van der Waals surface area contributed by atoms with Crippen molar-refractivity contribution in [3.05, 3.63) is 0 Å². The molecule has 0 aliphatic rings. The fourth-order valence-electron chi connectivity index (χ4n) is 2.38. The van der Waals surface area contributed by atoms with E-state index in [0.717, 1.165) is 0 Å². The summed E-state index contributed by atoms with van der Waals surface area (Å²) in [6.45, 7) is -0.954. The number of hydrogen-bond donors (Lipinski definition) is 9. The average molecular weight is 476 g/mol. The Balaban J connectivity index is 5.26. The fourth-order valence-corrected chi connectivity index (χ4v) is 2.38. The fraction of sp³-hybridized carbons (Fsp3) is 0.588. The van der Waals surface area contributed by atoms with E-state index in [1.807, 2.05) is 5.32 Å². The van der Waals surface area contributed by atoms with Gasteiger partial charge in [0.25, 0.3) is 0 Å². The minimum Gasteiger partial charge on any atom is -0.481 e. The first-order valence-corrected chi connectivity index (χ1v) is 9.57. The summed E-state index contributed by atoms with van der Waals surface area (Å²) in [5, 5.41) is 33.3. The Bertz CT molecular complexity index is 773. The van der Waals surface area contributed by atoms with E-state index in [9.17, 15) is 38.7 Å². The summed E-state index contributed by atoms with van der Waals surface area (Å²) in [7, 11) is 0. The van der Waals surface area contributed by atoms with Crippen LogP contribution in [0.15, 0.2) is 0 Å². The zero-order valence-corrected chi connectivity index (χ0v) is 17.5. The van der Waals surface area contributed by atoms with Gasteiger partial charge in [0.05, 0.1) is 19.1 Å². The molecule has 4 atom stereocenters. The molecule has 5 amide bonds. The molecular formula is C17H28N6O10. The second kappa shape index (κ2) is 14.3. The molecule has 0 radical (unpaired) electrons. The summed E-state index contributed by atoms with van der Waals surface area (Å²) < 4.78 is 0. The van der Waals surface area contributed by atoms with E-state index >= 15 is 0 Å². The maximum atomic E-state index is 12.4. The van der Waals surface area contributed by atoms with E-state index in [0.29, 0.717) is 0 Å². The number of aliphatic hydroxyl groups is 1. The van der Waals surface area contributed by atoms with Crippen LogP contribution in [0.2, 0.25) is 0 Å². The molecule has 186 valence electrons. The smallest absolute Gasteiger partial charge is 0.326 e. The molecule has 0 saturated carbocycles. The van der Waals surface area contributed by atoms with Crippen molar-refractivity contribution in [2.24, 2.45) is 17.2 Å². The van der Waals surface area contributed by atoms with E-state index in [2.05, 4.69) is 10.6 Å². The SMILES string of the molecule is NC(=O)CCC(NC(=O)C(CC(N)=O)NC(=O)C(CO)NC(=O)C(N)CCC(=O)O)C(=O)O. The summed E-state index contributed by atoms with van der Waals surface area (Å²) in [4.78, 5) is 80.8. The number of rotatable bonds is 16. The van der Waals surface area contributed by atoms with Crippen molar-refractivity contribution >= 4 is 41.5 Å². The van der Waals surface area contributed by atoms with Gasteiger partial charge < -0.3 is 48.5 Å². The van der Waals surface area contributed by atoms with Gasteiger partial charge in [-0.25, -0.2) is 4.79 Å². The lowest BCUT2D eigenvalue weighted by molar-refractivity contribution is -0.143. The lowest BCUT2D eigenvalue weighted by Crippen LogP contribution is -2.58. The molecule has 4 unspecified atom stereocenters. The first-order chi connectivity index (χ1) is 15.3. The van der Waals surface area contributed by atoms with Crippen LogP contribution in [-0.2, 0) is 33.6 Å². The van der Waals surface area contributed by atoms with Crippen LogP contribution in [0.4, 0.5) is 0 Å². The lowest BCUT2D eigenvalue weighted by atomic mass is 10.1. The highest BCUT2D eigenvalue weighted by Crippen LogP contribution is 2.02. The van der Waals surface area contributed by atoms with Gasteiger partial charge in [-0.3, -0.25) is 28.8 Å². The number of nitrogens with one attached hydrogen (secondary N) is 3. The van der Waals surface area contributed by atoms with Crippen LogP contribution in [0.1, 0.15) is 32.1 Å².